The van der Waals surface area contributed by atoms with Gasteiger partial charge in [-0.15, -0.1) is 0 Å². The van der Waals surface area contributed by atoms with Crippen molar-refractivity contribution < 1.29 is 4.74 Å². The molecule has 0 saturated carbocycles. The number of hydrogen-bond acceptors (Lipinski definition) is 4. The normalized spacial score (nSPS) is 16.9. The van der Waals surface area contributed by atoms with Crippen molar-refractivity contribution in [2.45, 2.75) is 25.8 Å². The van der Waals surface area contributed by atoms with E-state index in [1.165, 1.54) is 5.56 Å². The van der Waals surface area contributed by atoms with Gasteiger partial charge in [-0.1, -0.05) is 29.8 Å². The lowest BCUT2D eigenvalue weighted by molar-refractivity contribution is 0.410. The molecular weight excluding hydrogens is 374 g/mol. The monoisotopic (exact) mass is 401 g/mol. The molecule has 1 aliphatic rings. The van der Waals surface area contributed by atoms with Crippen LogP contribution in [0.3, 0.4) is 0 Å². The number of halogens is 1. The highest BCUT2D eigenvalue weighted by atomic mass is 35.5. The van der Waals surface area contributed by atoms with Crippen molar-refractivity contribution in [2.75, 3.05) is 38.2 Å². The van der Waals surface area contributed by atoms with Crippen LogP contribution in [-0.4, -0.2) is 50.3 Å². The Morgan fingerprint density at radius 1 is 1.32 bits per heavy atom. The van der Waals surface area contributed by atoms with Crippen LogP contribution >= 0.6 is 11.6 Å². The third-order valence-corrected chi connectivity index (χ3v) is 5.05. The minimum Gasteiger partial charge on any atom is -0.496 e. The van der Waals surface area contributed by atoms with Crippen molar-refractivity contribution in [3.05, 3.63) is 53.2 Å². The summed E-state index contributed by atoms with van der Waals surface area (Å²) in [7, 11) is 1.70. The van der Waals surface area contributed by atoms with E-state index in [-0.39, 0.29) is 0 Å². The maximum absolute atomic E-state index is 6.29. The number of methoxy groups -OCH3 is 1. The molecule has 1 saturated heterocycles. The van der Waals surface area contributed by atoms with Gasteiger partial charge in [0.05, 0.1) is 12.1 Å². The molecule has 7 heteroatoms. The van der Waals surface area contributed by atoms with Gasteiger partial charge < -0.3 is 20.3 Å². The molecular formula is C21H28ClN5O. The molecule has 1 atom stereocenters. The first kappa shape index (κ1) is 20.3. The zero-order chi connectivity index (χ0) is 19.8. The largest absolute Gasteiger partial charge is 0.496 e. The molecule has 0 bridgehead atoms. The highest BCUT2D eigenvalue weighted by Gasteiger charge is 2.25. The van der Waals surface area contributed by atoms with E-state index in [9.17, 15) is 0 Å². The smallest absolute Gasteiger partial charge is 0.191 e. The Bertz CT molecular complexity index is 798. The van der Waals surface area contributed by atoms with Gasteiger partial charge in [0.25, 0.3) is 0 Å². The Hall–Kier alpha value is -2.47. The summed E-state index contributed by atoms with van der Waals surface area (Å²) < 4.78 is 5.42. The second-order valence-electron chi connectivity index (χ2n) is 6.71. The van der Waals surface area contributed by atoms with Gasteiger partial charge in [-0.25, -0.2) is 4.98 Å². The molecule has 1 aliphatic heterocycles. The molecule has 1 aromatic carbocycles. The van der Waals surface area contributed by atoms with E-state index in [0.717, 1.165) is 50.0 Å². The molecule has 1 aromatic heterocycles. The summed E-state index contributed by atoms with van der Waals surface area (Å²) in [5, 5.41) is 7.58. The van der Waals surface area contributed by atoms with Crippen molar-refractivity contribution in [3.63, 3.8) is 0 Å². The second kappa shape index (κ2) is 10.2. The van der Waals surface area contributed by atoms with Gasteiger partial charge in [0, 0.05) is 38.4 Å². The van der Waals surface area contributed by atoms with Gasteiger partial charge in [-0.05, 0) is 43.5 Å². The molecule has 0 amide bonds. The highest BCUT2D eigenvalue weighted by Crippen LogP contribution is 2.25. The Balaban J connectivity index is 1.57. The molecule has 0 radical (unpaired) electrons. The van der Waals surface area contributed by atoms with E-state index in [1.54, 1.807) is 13.3 Å². The van der Waals surface area contributed by atoms with Crippen LogP contribution < -0.4 is 20.3 Å². The minimum absolute atomic E-state index is 0.308. The van der Waals surface area contributed by atoms with E-state index < -0.39 is 0 Å². The van der Waals surface area contributed by atoms with E-state index >= 15 is 0 Å². The number of nitrogens with zero attached hydrogens (tertiary/aromatic N) is 3. The number of pyridine rings is 1. The third kappa shape index (κ3) is 5.29. The number of aromatic nitrogens is 1. The summed E-state index contributed by atoms with van der Waals surface area (Å²) in [4.78, 5) is 11.4. The molecule has 0 spiro atoms. The SMILES string of the molecule is CCNC(=NCCc1ccccc1OC)NC1CCN(c2ncccc2Cl)C1. The van der Waals surface area contributed by atoms with Crippen LogP contribution in [0.5, 0.6) is 5.75 Å². The van der Waals surface area contributed by atoms with Crippen molar-refractivity contribution in [3.8, 4) is 5.75 Å². The van der Waals surface area contributed by atoms with Crippen LogP contribution in [0, 0.1) is 0 Å². The zero-order valence-electron chi connectivity index (χ0n) is 16.5. The summed E-state index contributed by atoms with van der Waals surface area (Å²) in [6.07, 6.45) is 3.64. The maximum Gasteiger partial charge on any atom is 0.191 e. The lowest BCUT2D eigenvalue weighted by atomic mass is 10.1. The maximum atomic E-state index is 6.29. The van der Waals surface area contributed by atoms with Crippen LogP contribution in [-0.2, 0) is 6.42 Å². The summed E-state index contributed by atoms with van der Waals surface area (Å²) in [6.45, 7) is 5.37. The standard InChI is InChI=1S/C21H28ClN5O/c1-3-23-21(25-13-10-16-7-4-5-9-19(16)28-2)26-17-11-14-27(15-17)20-18(22)8-6-12-24-20/h4-9,12,17H,3,10-11,13-15H2,1-2H3,(H2,23,25,26). The molecule has 3 rings (SSSR count). The highest BCUT2D eigenvalue weighted by molar-refractivity contribution is 6.32. The fourth-order valence-electron chi connectivity index (χ4n) is 3.39. The van der Waals surface area contributed by atoms with Crippen molar-refractivity contribution in [2.24, 2.45) is 4.99 Å². The molecule has 6 nitrogen and oxygen atoms in total. The number of guanidine groups is 1. The molecule has 2 heterocycles. The third-order valence-electron chi connectivity index (χ3n) is 4.76. The number of nitrogens with one attached hydrogen (secondary N) is 2. The number of rotatable bonds is 7. The van der Waals surface area contributed by atoms with Crippen molar-refractivity contribution in [1.29, 1.82) is 0 Å². The van der Waals surface area contributed by atoms with Gasteiger partial charge in [0.2, 0.25) is 0 Å². The Labute approximate surface area is 172 Å². The first-order chi connectivity index (χ1) is 13.7. The average Bonchev–Trinajstić information content (AvgIpc) is 3.17. The van der Waals surface area contributed by atoms with E-state index in [1.807, 2.05) is 30.3 Å². The molecule has 2 aromatic rings. The number of anilines is 1. The number of aliphatic imine (C=N–C) groups is 1. The summed E-state index contributed by atoms with van der Waals surface area (Å²) in [5.74, 6) is 2.61. The van der Waals surface area contributed by atoms with Gasteiger partial charge in [0.15, 0.2) is 5.96 Å². The molecule has 28 heavy (non-hydrogen) atoms. The first-order valence-corrected chi connectivity index (χ1v) is 10.1. The van der Waals surface area contributed by atoms with Gasteiger partial charge in [-0.2, -0.15) is 0 Å². The van der Waals surface area contributed by atoms with Crippen LogP contribution in [0.25, 0.3) is 0 Å². The fourth-order valence-corrected chi connectivity index (χ4v) is 3.63. The predicted octanol–water partition coefficient (Wildman–Crippen LogP) is 3.12. The summed E-state index contributed by atoms with van der Waals surface area (Å²) in [6, 6.07) is 12.1. The quantitative estimate of drug-likeness (QED) is 0.551. The molecule has 0 aliphatic carbocycles. The van der Waals surface area contributed by atoms with Crippen LogP contribution in [0.4, 0.5) is 5.82 Å². The number of benzene rings is 1. The second-order valence-corrected chi connectivity index (χ2v) is 7.11. The van der Waals surface area contributed by atoms with Crippen molar-refractivity contribution >= 4 is 23.4 Å². The van der Waals surface area contributed by atoms with E-state index in [0.29, 0.717) is 17.6 Å². The minimum atomic E-state index is 0.308. The Morgan fingerprint density at radius 3 is 2.96 bits per heavy atom. The van der Waals surface area contributed by atoms with E-state index in [2.05, 4.69) is 33.5 Å². The summed E-state index contributed by atoms with van der Waals surface area (Å²) >= 11 is 6.29. The molecule has 1 fully saturated rings. The van der Waals surface area contributed by atoms with E-state index in [4.69, 9.17) is 21.3 Å². The summed E-state index contributed by atoms with van der Waals surface area (Å²) in [5.41, 5.74) is 1.17. The van der Waals surface area contributed by atoms with Crippen LogP contribution in [0.1, 0.15) is 18.9 Å². The Morgan fingerprint density at radius 2 is 2.18 bits per heavy atom. The lowest BCUT2D eigenvalue weighted by Gasteiger charge is -2.20. The lowest BCUT2D eigenvalue weighted by Crippen LogP contribution is -2.44. The average molecular weight is 402 g/mol. The van der Waals surface area contributed by atoms with Gasteiger partial charge >= 0.3 is 0 Å². The predicted molar refractivity (Wildman–Crippen MR) is 116 cm³/mol. The number of hydrogen-bond donors (Lipinski definition) is 2. The van der Waals surface area contributed by atoms with Gasteiger partial charge in [-0.3, -0.25) is 4.99 Å². The van der Waals surface area contributed by atoms with Crippen LogP contribution in [0.2, 0.25) is 5.02 Å². The van der Waals surface area contributed by atoms with Crippen molar-refractivity contribution in [1.82, 2.24) is 15.6 Å². The number of ether oxygens (including phenoxy) is 1. The number of para-hydroxylation sites is 1. The fraction of sp³-hybridized carbons (Fsp3) is 0.429. The first-order valence-electron chi connectivity index (χ1n) is 9.73. The van der Waals surface area contributed by atoms with Gasteiger partial charge in [0.1, 0.15) is 11.6 Å². The molecule has 150 valence electrons. The topological polar surface area (TPSA) is 61.8 Å². The zero-order valence-corrected chi connectivity index (χ0v) is 17.2. The molecule has 1 unspecified atom stereocenters. The Kier molecular flexibility index (Phi) is 7.37. The molecule has 2 N–H and O–H groups in total. The van der Waals surface area contributed by atoms with Crippen LogP contribution in [0.15, 0.2) is 47.6 Å².